The SMILES string of the molecule is CCCN1CC=C2C(C#N)=C(N)C(C#N)(C#N)[C@@]3(C(=O)Nc4ccccc43)[C@@H]2C1. The maximum Gasteiger partial charge on any atom is 0.238 e. The largest absolute Gasteiger partial charge is 0.399 e. The lowest BCUT2D eigenvalue weighted by Gasteiger charge is -2.51. The van der Waals surface area contributed by atoms with Gasteiger partial charge in [0.1, 0.15) is 11.5 Å². The zero-order valence-electron chi connectivity index (χ0n) is 16.1. The topological polar surface area (TPSA) is 130 Å². The van der Waals surface area contributed by atoms with Crippen molar-refractivity contribution < 1.29 is 4.79 Å². The summed E-state index contributed by atoms with van der Waals surface area (Å²) in [6.45, 7) is 3.97. The van der Waals surface area contributed by atoms with Crippen LogP contribution in [0.25, 0.3) is 0 Å². The van der Waals surface area contributed by atoms with E-state index < -0.39 is 22.7 Å². The lowest BCUT2D eigenvalue weighted by molar-refractivity contribution is -0.125. The predicted molar refractivity (Wildman–Crippen MR) is 106 cm³/mol. The van der Waals surface area contributed by atoms with Gasteiger partial charge in [0.15, 0.2) is 0 Å². The number of nitrogens with two attached hydrogens (primary N) is 1. The number of amides is 1. The Balaban J connectivity index is 2.12. The number of nitriles is 3. The number of hydrogen-bond donors (Lipinski definition) is 2. The lowest BCUT2D eigenvalue weighted by Crippen LogP contribution is -2.62. The van der Waals surface area contributed by atoms with Gasteiger partial charge >= 0.3 is 0 Å². The van der Waals surface area contributed by atoms with E-state index in [1.54, 1.807) is 24.3 Å². The minimum absolute atomic E-state index is 0.136. The van der Waals surface area contributed by atoms with Gasteiger partial charge in [0.2, 0.25) is 11.3 Å². The second-order valence-electron chi connectivity index (χ2n) is 7.65. The van der Waals surface area contributed by atoms with Crippen LogP contribution < -0.4 is 11.1 Å². The molecule has 0 saturated carbocycles. The molecule has 2 aliphatic heterocycles. The number of hydrogen-bond acceptors (Lipinski definition) is 6. The van der Waals surface area contributed by atoms with Gasteiger partial charge in [-0.25, -0.2) is 0 Å². The molecule has 0 bridgehead atoms. The Morgan fingerprint density at radius 3 is 2.66 bits per heavy atom. The number of allylic oxidation sites excluding steroid dienone is 2. The maximum absolute atomic E-state index is 13.6. The normalized spacial score (nSPS) is 27.2. The zero-order valence-corrected chi connectivity index (χ0v) is 16.1. The standard InChI is InChI=1S/C22H20N6O/c1-2-8-28-9-7-14-15(10-23)19(26)21(12-24,13-25)22(17(14)11-28)16-5-3-4-6-18(16)27-20(22)29/h3-7,17H,2,8-9,11,26H2,1H3,(H,27,29)/t17-,22-/m1/s1. The fourth-order valence-electron chi connectivity index (χ4n) is 5.21. The molecule has 3 aliphatic rings. The van der Waals surface area contributed by atoms with Crippen LogP contribution in [0, 0.1) is 45.3 Å². The van der Waals surface area contributed by atoms with Gasteiger partial charge in [-0.05, 0) is 30.2 Å². The Morgan fingerprint density at radius 1 is 1.28 bits per heavy atom. The molecule has 0 saturated heterocycles. The van der Waals surface area contributed by atoms with E-state index in [0.717, 1.165) is 13.0 Å². The molecular weight excluding hydrogens is 364 g/mol. The molecule has 2 atom stereocenters. The average Bonchev–Trinajstić information content (AvgIpc) is 3.03. The highest BCUT2D eigenvalue weighted by molar-refractivity contribution is 6.09. The van der Waals surface area contributed by atoms with E-state index in [1.165, 1.54) is 0 Å². The van der Waals surface area contributed by atoms with Crippen LogP contribution in [0.1, 0.15) is 18.9 Å². The van der Waals surface area contributed by atoms with Crippen molar-refractivity contribution in [2.45, 2.75) is 18.8 Å². The van der Waals surface area contributed by atoms with E-state index in [-0.39, 0.29) is 11.3 Å². The molecule has 2 heterocycles. The van der Waals surface area contributed by atoms with Crippen LogP contribution in [-0.4, -0.2) is 30.4 Å². The smallest absolute Gasteiger partial charge is 0.238 e. The van der Waals surface area contributed by atoms with Crippen LogP contribution in [0.3, 0.4) is 0 Å². The molecular formula is C22H20N6O. The quantitative estimate of drug-likeness (QED) is 0.801. The molecule has 0 aromatic heterocycles. The van der Waals surface area contributed by atoms with Gasteiger partial charge in [-0.15, -0.1) is 0 Å². The van der Waals surface area contributed by atoms with Crippen molar-refractivity contribution >= 4 is 11.6 Å². The summed E-state index contributed by atoms with van der Waals surface area (Å²) in [5, 5.41) is 33.2. The van der Waals surface area contributed by atoms with E-state index in [1.807, 2.05) is 6.08 Å². The van der Waals surface area contributed by atoms with Crippen molar-refractivity contribution in [3.05, 3.63) is 52.7 Å². The average molecular weight is 384 g/mol. The number of nitrogens with zero attached hydrogens (tertiary/aromatic N) is 4. The van der Waals surface area contributed by atoms with E-state index in [4.69, 9.17) is 5.73 Å². The number of anilines is 1. The maximum atomic E-state index is 13.6. The Hall–Kier alpha value is -3.60. The van der Waals surface area contributed by atoms with Gasteiger partial charge in [0.25, 0.3) is 0 Å². The number of para-hydroxylation sites is 1. The van der Waals surface area contributed by atoms with Gasteiger partial charge in [0.05, 0.1) is 23.4 Å². The van der Waals surface area contributed by atoms with Gasteiger partial charge in [0, 0.05) is 24.7 Å². The highest BCUT2D eigenvalue weighted by Crippen LogP contribution is 2.62. The number of nitrogens with one attached hydrogen (secondary N) is 1. The summed E-state index contributed by atoms with van der Waals surface area (Å²) in [5.41, 5.74) is 4.68. The van der Waals surface area contributed by atoms with E-state index in [2.05, 4.69) is 35.3 Å². The summed E-state index contributed by atoms with van der Waals surface area (Å²) in [7, 11) is 0. The molecule has 3 N–H and O–H groups in total. The van der Waals surface area contributed by atoms with Crippen molar-refractivity contribution in [1.82, 2.24) is 4.90 Å². The number of fused-ring (bicyclic) bond motifs is 4. The van der Waals surface area contributed by atoms with Crippen LogP contribution in [-0.2, 0) is 10.2 Å². The predicted octanol–water partition coefficient (Wildman–Crippen LogP) is 1.93. The van der Waals surface area contributed by atoms with Crippen molar-refractivity contribution in [3.8, 4) is 18.2 Å². The summed E-state index contributed by atoms with van der Waals surface area (Å²) >= 11 is 0. The second kappa shape index (κ2) is 6.48. The van der Waals surface area contributed by atoms with Crippen LogP contribution in [0.4, 0.5) is 5.69 Å². The van der Waals surface area contributed by atoms with Crippen molar-refractivity contribution in [2.75, 3.05) is 25.0 Å². The van der Waals surface area contributed by atoms with E-state index in [0.29, 0.717) is 29.9 Å². The van der Waals surface area contributed by atoms with Crippen molar-refractivity contribution in [1.29, 1.82) is 15.8 Å². The number of benzene rings is 1. The minimum atomic E-state index is -1.98. The fraction of sp³-hybridized carbons (Fsp3) is 0.364. The van der Waals surface area contributed by atoms with Gasteiger partial charge in [-0.3, -0.25) is 9.69 Å². The number of carbonyl (C=O) groups excluding carboxylic acids is 1. The first-order chi connectivity index (χ1) is 14.0. The summed E-state index contributed by atoms with van der Waals surface area (Å²) in [4.78, 5) is 15.8. The first-order valence-electron chi connectivity index (χ1n) is 9.58. The first-order valence-corrected chi connectivity index (χ1v) is 9.58. The first kappa shape index (κ1) is 18.7. The van der Waals surface area contributed by atoms with Crippen molar-refractivity contribution in [3.63, 3.8) is 0 Å². The third-order valence-corrected chi connectivity index (χ3v) is 6.41. The minimum Gasteiger partial charge on any atom is -0.399 e. The Bertz CT molecular complexity index is 1080. The Kier molecular flexibility index (Phi) is 4.19. The monoisotopic (exact) mass is 384 g/mol. The summed E-state index contributed by atoms with van der Waals surface area (Å²) < 4.78 is 0. The number of rotatable bonds is 2. The molecule has 144 valence electrons. The summed E-state index contributed by atoms with van der Waals surface area (Å²) in [6.07, 6.45) is 2.85. The zero-order chi connectivity index (χ0) is 20.8. The molecule has 1 spiro atoms. The molecule has 1 amide bonds. The van der Waals surface area contributed by atoms with Gasteiger partial charge < -0.3 is 11.1 Å². The van der Waals surface area contributed by atoms with Crippen LogP contribution >= 0.6 is 0 Å². The van der Waals surface area contributed by atoms with Crippen molar-refractivity contribution in [2.24, 2.45) is 17.1 Å². The highest BCUT2D eigenvalue weighted by Gasteiger charge is 2.71. The Morgan fingerprint density at radius 2 is 2.00 bits per heavy atom. The molecule has 4 rings (SSSR count). The number of carbonyl (C=O) groups is 1. The van der Waals surface area contributed by atoms with Crippen LogP contribution in [0.15, 0.2) is 47.2 Å². The molecule has 7 nitrogen and oxygen atoms in total. The van der Waals surface area contributed by atoms with Crippen LogP contribution in [0.5, 0.6) is 0 Å². The second-order valence-corrected chi connectivity index (χ2v) is 7.65. The summed E-state index contributed by atoms with van der Waals surface area (Å²) in [6, 6.07) is 13.3. The molecule has 29 heavy (non-hydrogen) atoms. The Labute approximate surface area is 169 Å². The summed E-state index contributed by atoms with van der Waals surface area (Å²) in [5.74, 6) is -0.955. The van der Waals surface area contributed by atoms with Gasteiger partial charge in [-0.2, -0.15) is 15.8 Å². The molecule has 0 radical (unpaired) electrons. The fourth-order valence-corrected chi connectivity index (χ4v) is 5.21. The van der Waals surface area contributed by atoms with E-state index >= 15 is 0 Å². The molecule has 1 aromatic carbocycles. The van der Waals surface area contributed by atoms with Crippen LogP contribution in [0.2, 0.25) is 0 Å². The molecule has 0 fully saturated rings. The molecule has 0 unspecified atom stereocenters. The highest BCUT2D eigenvalue weighted by atomic mass is 16.2. The van der Waals surface area contributed by atoms with Gasteiger partial charge in [-0.1, -0.05) is 31.2 Å². The molecule has 1 aliphatic carbocycles. The molecule has 1 aromatic rings. The lowest BCUT2D eigenvalue weighted by atomic mass is 9.48. The van der Waals surface area contributed by atoms with E-state index in [9.17, 15) is 20.6 Å². The third-order valence-electron chi connectivity index (χ3n) is 6.41. The third kappa shape index (κ3) is 2.10. The molecule has 7 heteroatoms.